The lowest BCUT2D eigenvalue weighted by atomic mass is 10.0. The number of halogens is 1. The van der Waals surface area contributed by atoms with Crippen LogP contribution in [0.4, 0.5) is 5.13 Å². The molecule has 3 rings (SSSR count). The summed E-state index contributed by atoms with van der Waals surface area (Å²) in [5, 5.41) is 3.58. The molecule has 6 heteroatoms. The third-order valence-electron chi connectivity index (χ3n) is 3.48. The summed E-state index contributed by atoms with van der Waals surface area (Å²) in [7, 11) is 1.60. The van der Waals surface area contributed by atoms with Crippen molar-refractivity contribution in [1.29, 1.82) is 0 Å². The summed E-state index contributed by atoms with van der Waals surface area (Å²) in [4.78, 5) is 18.1. The maximum Gasteiger partial charge on any atom is 0.257 e. The Morgan fingerprint density at radius 3 is 2.90 bits per heavy atom. The molecule has 2 aromatic rings. The number of nitrogens with zero attached hydrogens (tertiary/aromatic N) is 1. The molecule has 4 nitrogen and oxygen atoms in total. The Kier molecular flexibility index (Phi) is 4.26. The van der Waals surface area contributed by atoms with E-state index in [9.17, 15) is 4.79 Å². The van der Waals surface area contributed by atoms with Crippen molar-refractivity contribution in [1.82, 2.24) is 4.98 Å². The topological polar surface area (TPSA) is 51.2 Å². The number of carbonyl (C=O) groups excluding carboxylic acids is 1. The maximum atomic E-state index is 12.3. The second-order valence-electron chi connectivity index (χ2n) is 4.90. The van der Waals surface area contributed by atoms with E-state index < -0.39 is 0 Å². The van der Waals surface area contributed by atoms with Gasteiger partial charge >= 0.3 is 0 Å². The molecule has 1 aromatic carbocycles. The van der Waals surface area contributed by atoms with Gasteiger partial charge in [-0.15, -0.1) is 11.3 Å². The highest BCUT2D eigenvalue weighted by atomic mass is 79.9. The van der Waals surface area contributed by atoms with Crippen LogP contribution in [-0.2, 0) is 12.8 Å². The largest absolute Gasteiger partial charge is 0.496 e. The highest BCUT2D eigenvalue weighted by Crippen LogP contribution is 2.30. The van der Waals surface area contributed by atoms with E-state index in [1.807, 2.05) is 0 Å². The first-order chi connectivity index (χ1) is 10.2. The molecule has 0 bridgehead atoms. The first kappa shape index (κ1) is 14.5. The number of carbonyl (C=O) groups is 1. The van der Waals surface area contributed by atoms with Gasteiger partial charge in [0.2, 0.25) is 0 Å². The van der Waals surface area contributed by atoms with Crippen molar-refractivity contribution in [2.24, 2.45) is 0 Å². The van der Waals surface area contributed by atoms with Gasteiger partial charge in [0.1, 0.15) is 5.75 Å². The Hall–Kier alpha value is -1.40. The number of benzene rings is 1. The summed E-state index contributed by atoms with van der Waals surface area (Å²) in [6.45, 7) is 0. The van der Waals surface area contributed by atoms with Crippen LogP contribution in [0.5, 0.6) is 5.75 Å². The number of hydrogen-bond donors (Lipinski definition) is 1. The smallest absolute Gasteiger partial charge is 0.257 e. The van der Waals surface area contributed by atoms with E-state index in [0.29, 0.717) is 16.4 Å². The van der Waals surface area contributed by atoms with Crippen molar-refractivity contribution in [3.05, 3.63) is 38.8 Å². The number of nitrogens with one attached hydrogen (secondary N) is 1. The highest BCUT2D eigenvalue weighted by Gasteiger charge is 2.17. The summed E-state index contributed by atoms with van der Waals surface area (Å²) >= 11 is 4.98. The van der Waals surface area contributed by atoms with Gasteiger partial charge < -0.3 is 4.74 Å². The van der Waals surface area contributed by atoms with Crippen LogP contribution >= 0.6 is 27.3 Å². The fourth-order valence-electron chi connectivity index (χ4n) is 2.38. The molecule has 0 radical (unpaired) electrons. The molecule has 0 unspecified atom stereocenters. The number of ether oxygens (including phenoxy) is 1. The fourth-order valence-corrected chi connectivity index (χ4v) is 3.97. The fraction of sp³-hybridized carbons (Fsp3) is 0.333. The molecule has 1 amide bonds. The number of rotatable bonds is 3. The highest BCUT2D eigenvalue weighted by molar-refractivity contribution is 9.10. The second-order valence-corrected chi connectivity index (χ2v) is 6.84. The Balaban J connectivity index is 1.76. The molecule has 110 valence electrons. The van der Waals surface area contributed by atoms with E-state index in [4.69, 9.17) is 4.74 Å². The first-order valence-corrected chi connectivity index (χ1v) is 8.42. The zero-order valence-corrected chi connectivity index (χ0v) is 14.0. The van der Waals surface area contributed by atoms with Crippen molar-refractivity contribution in [3.63, 3.8) is 0 Å². The molecule has 0 aliphatic heterocycles. The van der Waals surface area contributed by atoms with E-state index in [2.05, 4.69) is 26.2 Å². The average molecular weight is 367 g/mol. The van der Waals surface area contributed by atoms with Crippen molar-refractivity contribution in [2.45, 2.75) is 25.7 Å². The SMILES string of the molecule is COc1ccc(C(=O)Nc2nc3c(s2)CCCC3)cc1Br. The average Bonchev–Trinajstić information content (AvgIpc) is 2.89. The molecule has 1 heterocycles. The molecule has 21 heavy (non-hydrogen) atoms. The maximum absolute atomic E-state index is 12.3. The van der Waals surface area contributed by atoms with Crippen molar-refractivity contribution in [2.75, 3.05) is 12.4 Å². The second kappa shape index (κ2) is 6.15. The molecule has 0 saturated heterocycles. The predicted molar refractivity (Wildman–Crippen MR) is 87.4 cm³/mol. The predicted octanol–water partition coefficient (Wildman–Crippen LogP) is 4.05. The monoisotopic (exact) mass is 366 g/mol. The Labute approximate surface area is 135 Å². The molecule has 0 spiro atoms. The van der Waals surface area contributed by atoms with Gasteiger partial charge in [-0.3, -0.25) is 10.1 Å². The van der Waals surface area contributed by atoms with E-state index >= 15 is 0 Å². The van der Waals surface area contributed by atoms with E-state index in [1.54, 1.807) is 36.6 Å². The number of hydrogen-bond acceptors (Lipinski definition) is 4. The molecule has 0 atom stereocenters. The lowest BCUT2D eigenvalue weighted by Crippen LogP contribution is -2.11. The minimum absolute atomic E-state index is 0.149. The van der Waals surface area contributed by atoms with Gasteiger partial charge in [-0.05, 0) is 59.8 Å². The molecule has 1 aromatic heterocycles. The van der Waals surface area contributed by atoms with Crippen LogP contribution in [-0.4, -0.2) is 18.0 Å². The van der Waals surface area contributed by atoms with Crippen LogP contribution in [0.2, 0.25) is 0 Å². The zero-order valence-electron chi connectivity index (χ0n) is 11.6. The van der Waals surface area contributed by atoms with Gasteiger partial charge in [0.15, 0.2) is 5.13 Å². The number of aromatic nitrogens is 1. The molecule has 0 fully saturated rings. The summed E-state index contributed by atoms with van der Waals surface area (Å²) in [5.41, 5.74) is 1.73. The molecular weight excluding hydrogens is 352 g/mol. The number of amides is 1. The zero-order chi connectivity index (χ0) is 14.8. The third kappa shape index (κ3) is 3.11. The summed E-state index contributed by atoms with van der Waals surface area (Å²) in [6, 6.07) is 5.26. The van der Waals surface area contributed by atoms with Crippen LogP contribution in [0.25, 0.3) is 0 Å². The number of aryl methyl sites for hydroxylation is 2. The molecule has 1 aliphatic rings. The van der Waals surface area contributed by atoms with E-state index in [-0.39, 0.29) is 5.91 Å². The number of fused-ring (bicyclic) bond motifs is 1. The molecule has 0 saturated carbocycles. The summed E-state index contributed by atoms with van der Waals surface area (Å²) in [6.07, 6.45) is 4.51. The van der Waals surface area contributed by atoms with Gasteiger partial charge in [-0.25, -0.2) is 4.98 Å². The van der Waals surface area contributed by atoms with Gasteiger partial charge in [-0.2, -0.15) is 0 Å². The summed E-state index contributed by atoms with van der Waals surface area (Å²) < 4.78 is 5.92. The lowest BCUT2D eigenvalue weighted by Gasteiger charge is -2.06. The standard InChI is InChI=1S/C15H15BrN2O2S/c1-20-12-7-6-9(8-10(12)16)14(19)18-15-17-11-4-2-3-5-13(11)21-15/h6-8H,2-5H2,1H3,(H,17,18,19). The number of thiazole rings is 1. The Morgan fingerprint density at radius 2 is 2.19 bits per heavy atom. The molecule has 1 N–H and O–H groups in total. The van der Waals surface area contributed by atoms with Crippen LogP contribution in [0.1, 0.15) is 33.8 Å². The molecule has 1 aliphatic carbocycles. The first-order valence-electron chi connectivity index (χ1n) is 6.81. The van der Waals surface area contributed by atoms with Gasteiger partial charge in [0.25, 0.3) is 5.91 Å². The third-order valence-corrected chi connectivity index (χ3v) is 5.17. The van der Waals surface area contributed by atoms with Crippen LogP contribution in [0, 0.1) is 0 Å². The number of anilines is 1. The molecular formula is C15H15BrN2O2S. The van der Waals surface area contributed by atoms with Crippen molar-refractivity contribution >= 4 is 38.3 Å². The van der Waals surface area contributed by atoms with Crippen molar-refractivity contribution in [3.8, 4) is 5.75 Å². The van der Waals surface area contributed by atoms with Gasteiger partial charge in [0.05, 0.1) is 17.3 Å². The van der Waals surface area contributed by atoms with Gasteiger partial charge in [-0.1, -0.05) is 0 Å². The Morgan fingerprint density at radius 1 is 1.38 bits per heavy atom. The minimum Gasteiger partial charge on any atom is -0.496 e. The number of methoxy groups -OCH3 is 1. The summed E-state index contributed by atoms with van der Waals surface area (Å²) in [5.74, 6) is 0.556. The van der Waals surface area contributed by atoms with Gasteiger partial charge in [0, 0.05) is 10.4 Å². The Bertz CT molecular complexity index is 661. The van der Waals surface area contributed by atoms with Crippen LogP contribution < -0.4 is 10.1 Å². The van der Waals surface area contributed by atoms with E-state index in [0.717, 1.165) is 23.0 Å². The lowest BCUT2D eigenvalue weighted by molar-refractivity contribution is 0.102. The quantitative estimate of drug-likeness (QED) is 0.891. The van der Waals surface area contributed by atoms with E-state index in [1.165, 1.54) is 17.7 Å². The minimum atomic E-state index is -0.149. The van der Waals surface area contributed by atoms with Crippen LogP contribution in [0.15, 0.2) is 22.7 Å². The van der Waals surface area contributed by atoms with Crippen LogP contribution in [0.3, 0.4) is 0 Å². The van der Waals surface area contributed by atoms with Crippen molar-refractivity contribution < 1.29 is 9.53 Å². The normalized spacial score (nSPS) is 13.6.